The Labute approximate surface area is 185 Å². The molecule has 5 rings (SSSR count). The molecule has 1 saturated heterocycles. The van der Waals surface area contributed by atoms with Crippen molar-refractivity contribution in [1.82, 2.24) is 14.8 Å². The molecule has 31 heavy (non-hydrogen) atoms. The zero-order valence-electron chi connectivity index (χ0n) is 17.2. The van der Waals surface area contributed by atoms with E-state index in [0.29, 0.717) is 19.4 Å². The summed E-state index contributed by atoms with van der Waals surface area (Å²) in [5.74, 6) is 0.0713. The Bertz CT molecular complexity index is 1130. The second-order valence-corrected chi connectivity index (χ2v) is 8.74. The number of amides is 1. The van der Waals surface area contributed by atoms with Gasteiger partial charge in [0.1, 0.15) is 0 Å². The average Bonchev–Trinajstić information content (AvgIpc) is 3.57. The first-order valence-electron chi connectivity index (χ1n) is 10.6. The van der Waals surface area contributed by atoms with Crippen molar-refractivity contribution in [2.24, 2.45) is 0 Å². The van der Waals surface area contributed by atoms with Gasteiger partial charge in [0.25, 0.3) is 0 Å². The van der Waals surface area contributed by atoms with Crippen molar-refractivity contribution in [2.75, 3.05) is 18.1 Å². The van der Waals surface area contributed by atoms with Gasteiger partial charge in [-0.3, -0.25) is 9.69 Å². The van der Waals surface area contributed by atoms with E-state index >= 15 is 0 Å². The van der Waals surface area contributed by atoms with Crippen molar-refractivity contribution in [1.29, 1.82) is 0 Å². The third-order valence-electron chi connectivity index (χ3n) is 5.51. The summed E-state index contributed by atoms with van der Waals surface area (Å²) in [6, 6.07) is 18.0. The van der Waals surface area contributed by atoms with Gasteiger partial charge in [-0.15, -0.1) is 0 Å². The number of carbonyl (C=O) groups is 1. The highest BCUT2D eigenvalue weighted by molar-refractivity contribution is 7.22. The normalized spacial score (nSPS) is 16.1. The molecular weight excluding hydrogens is 408 g/mol. The van der Waals surface area contributed by atoms with Gasteiger partial charge in [0.05, 0.1) is 34.7 Å². The molecule has 0 N–H and O–H groups in total. The van der Waals surface area contributed by atoms with Crippen LogP contribution in [0.1, 0.15) is 24.8 Å². The number of nitrogens with zero attached hydrogens (tertiary/aromatic N) is 4. The minimum absolute atomic E-state index is 0.0713. The number of carbonyl (C=O) groups excluding carboxylic acids is 1. The number of hydrogen-bond donors (Lipinski definition) is 0. The Morgan fingerprint density at radius 2 is 2.00 bits per heavy atom. The number of fused-ring (bicyclic) bond motifs is 1. The van der Waals surface area contributed by atoms with Gasteiger partial charge in [-0.2, -0.15) is 5.10 Å². The second kappa shape index (κ2) is 8.99. The minimum Gasteiger partial charge on any atom is -0.376 e. The van der Waals surface area contributed by atoms with E-state index in [1.165, 1.54) is 0 Å². The maximum absolute atomic E-state index is 13.3. The topological polar surface area (TPSA) is 60.2 Å². The number of benzene rings is 2. The fourth-order valence-electron chi connectivity index (χ4n) is 3.85. The molecule has 7 heteroatoms. The third-order valence-corrected chi connectivity index (χ3v) is 6.57. The summed E-state index contributed by atoms with van der Waals surface area (Å²) in [4.78, 5) is 19.8. The standard InChI is InChI=1S/C24H24N4O2S/c29-23(13-12-18-15-25-28(16-18)19-7-2-1-3-8-19)27(17-20-9-6-14-30-20)24-26-21-10-4-5-11-22(21)31-24/h1-5,7-8,10-11,15-16,20H,6,9,12-14,17H2. The van der Waals surface area contributed by atoms with E-state index in [4.69, 9.17) is 9.72 Å². The van der Waals surface area contributed by atoms with Crippen LogP contribution in [0.4, 0.5) is 5.13 Å². The molecular formula is C24H24N4O2S. The van der Waals surface area contributed by atoms with E-state index < -0.39 is 0 Å². The summed E-state index contributed by atoms with van der Waals surface area (Å²) >= 11 is 1.56. The molecule has 1 amide bonds. The smallest absolute Gasteiger partial charge is 0.229 e. The molecule has 2 aromatic heterocycles. The molecule has 1 fully saturated rings. The largest absolute Gasteiger partial charge is 0.376 e. The molecule has 0 radical (unpaired) electrons. The Morgan fingerprint density at radius 1 is 1.16 bits per heavy atom. The van der Waals surface area contributed by atoms with Crippen LogP contribution in [0.5, 0.6) is 0 Å². The third kappa shape index (κ3) is 4.52. The molecule has 158 valence electrons. The van der Waals surface area contributed by atoms with Gasteiger partial charge in [-0.1, -0.05) is 41.7 Å². The molecule has 1 aliphatic heterocycles. The van der Waals surface area contributed by atoms with Crippen LogP contribution in [0.3, 0.4) is 0 Å². The van der Waals surface area contributed by atoms with Crippen molar-refractivity contribution >= 4 is 32.6 Å². The lowest BCUT2D eigenvalue weighted by Crippen LogP contribution is -2.37. The van der Waals surface area contributed by atoms with Gasteiger partial charge in [0.15, 0.2) is 5.13 Å². The number of para-hydroxylation sites is 2. The zero-order valence-corrected chi connectivity index (χ0v) is 18.0. The van der Waals surface area contributed by atoms with Crippen LogP contribution >= 0.6 is 11.3 Å². The van der Waals surface area contributed by atoms with Crippen molar-refractivity contribution in [3.8, 4) is 5.69 Å². The van der Waals surface area contributed by atoms with Gasteiger partial charge in [-0.05, 0) is 49.1 Å². The van der Waals surface area contributed by atoms with E-state index in [9.17, 15) is 4.79 Å². The summed E-state index contributed by atoms with van der Waals surface area (Å²) in [7, 11) is 0. The highest BCUT2D eigenvalue weighted by Gasteiger charge is 2.26. The molecule has 0 saturated carbocycles. The molecule has 0 spiro atoms. The van der Waals surface area contributed by atoms with Crippen LogP contribution < -0.4 is 4.90 Å². The number of thiazole rings is 1. The van der Waals surface area contributed by atoms with Gasteiger partial charge < -0.3 is 4.74 Å². The number of aryl methyl sites for hydroxylation is 1. The molecule has 1 aliphatic rings. The lowest BCUT2D eigenvalue weighted by Gasteiger charge is -2.23. The molecule has 0 bridgehead atoms. The summed E-state index contributed by atoms with van der Waals surface area (Å²) in [5, 5.41) is 5.19. The van der Waals surface area contributed by atoms with Crippen LogP contribution in [0.15, 0.2) is 67.0 Å². The van der Waals surface area contributed by atoms with Crippen LogP contribution in [-0.4, -0.2) is 39.9 Å². The molecule has 6 nitrogen and oxygen atoms in total. The van der Waals surface area contributed by atoms with Gasteiger partial charge in [0.2, 0.25) is 5.91 Å². The Morgan fingerprint density at radius 3 is 2.81 bits per heavy atom. The average molecular weight is 433 g/mol. The summed E-state index contributed by atoms with van der Waals surface area (Å²) in [6.07, 6.45) is 6.98. The first kappa shape index (κ1) is 19.9. The van der Waals surface area contributed by atoms with Gasteiger partial charge in [-0.25, -0.2) is 9.67 Å². The van der Waals surface area contributed by atoms with Crippen LogP contribution in [0.2, 0.25) is 0 Å². The molecule has 2 aromatic carbocycles. The maximum atomic E-state index is 13.3. The van der Waals surface area contributed by atoms with Crippen LogP contribution in [0.25, 0.3) is 15.9 Å². The zero-order chi connectivity index (χ0) is 21.0. The molecule has 1 atom stereocenters. The van der Waals surface area contributed by atoms with Crippen molar-refractivity contribution < 1.29 is 9.53 Å². The highest BCUT2D eigenvalue weighted by atomic mass is 32.1. The first-order valence-corrected chi connectivity index (χ1v) is 11.4. The van der Waals surface area contributed by atoms with E-state index in [1.807, 2.05) is 76.6 Å². The lowest BCUT2D eigenvalue weighted by molar-refractivity contribution is -0.119. The molecule has 0 aliphatic carbocycles. The number of hydrogen-bond acceptors (Lipinski definition) is 5. The predicted octanol–water partition coefficient (Wildman–Crippen LogP) is 4.63. The van der Waals surface area contributed by atoms with Gasteiger partial charge in [0, 0.05) is 19.2 Å². The first-order chi connectivity index (χ1) is 15.3. The fraction of sp³-hybridized carbons (Fsp3) is 0.292. The molecule has 4 aromatic rings. The van der Waals surface area contributed by atoms with E-state index in [2.05, 4.69) is 5.10 Å². The van der Waals surface area contributed by atoms with Crippen LogP contribution in [0, 0.1) is 0 Å². The lowest BCUT2D eigenvalue weighted by atomic mass is 10.1. The van der Waals surface area contributed by atoms with Crippen molar-refractivity contribution in [3.63, 3.8) is 0 Å². The number of aromatic nitrogens is 3. The van der Waals surface area contributed by atoms with E-state index in [1.54, 1.807) is 11.3 Å². The second-order valence-electron chi connectivity index (χ2n) is 7.73. The van der Waals surface area contributed by atoms with Crippen LogP contribution in [-0.2, 0) is 16.0 Å². The monoisotopic (exact) mass is 432 g/mol. The number of rotatable bonds is 7. The highest BCUT2D eigenvalue weighted by Crippen LogP contribution is 2.30. The van der Waals surface area contributed by atoms with Crippen molar-refractivity contribution in [3.05, 3.63) is 72.6 Å². The Kier molecular flexibility index (Phi) is 5.78. The minimum atomic E-state index is 0.0713. The summed E-state index contributed by atoms with van der Waals surface area (Å²) < 4.78 is 8.75. The van der Waals surface area contributed by atoms with E-state index in [0.717, 1.165) is 46.0 Å². The maximum Gasteiger partial charge on any atom is 0.229 e. The molecule has 3 heterocycles. The predicted molar refractivity (Wildman–Crippen MR) is 123 cm³/mol. The number of ether oxygens (including phenoxy) is 1. The summed E-state index contributed by atoms with van der Waals surface area (Å²) in [5.41, 5.74) is 2.98. The van der Waals surface area contributed by atoms with E-state index in [-0.39, 0.29) is 12.0 Å². The number of anilines is 1. The fourth-order valence-corrected chi connectivity index (χ4v) is 4.84. The van der Waals surface area contributed by atoms with Crippen molar-refractivity contribution in [2.45, 2.75) is 31.8 Å². The summed E-state index contributed by atoms with van der Waals surface area (Å²) in [6.45, 7) is 1.33. The molecule has 1 unspecified atom stereocenters. The SMILES string of the molecule is O=C(CCc1cnn(-c2ccccc2)c1)N(CC1CCCO1)c1nc2ccccc2s1. The Hall–Kier alpha value is -3.03. The quantitative estimate of drug-likeness (QED) is 0.427. The van der Waals surface area contributed by atoms with Gasteiger partial charge >= 0.3 is 0 Å². The Balaban J connectivity index is 1.31.